The van der Waals surface area contributed by atoms with Crippen LogP contribution in [-0.4, -0.2) is 35.8 Å². The Morgan fingerprint density at radius 2 is 1.67 bits per heavy atom. The SMILES string of the molecule is CC(C(=O)Nc1cccc(Cl)c1)N1CCC(C(=O)Nc2ccccc2)CC1. The van der Waals surface area contributed by atoms with Crippen molar-refractivity contribution in [2.45, 2.75) is 25.8 Å². The number of hydrogen-bond acceptors (Lipinski definition) is 3. The molecule has 0 saturated carbocycles. The van der Waals surface area contributed by atoms with Gasteiger partial charge in [0.15, 0.2) is 0 Å². The van der Waals surface area contributed by atoms with Gasteiger partial charge < -0.3 is 10.6 Å². The predicted molar refractivity (Wildman–Crippen MR) is 109 cm³/mol. The van der Waals surface area contributed by atoms with Gasteiger partial charge in [0.2, 0.25) is 11.8 Å². The van der Waals surface area contributed by atoms with Gasteiger partial charge in [-0.15, -0.1) is 0 Å². The molecule has 0 spiro atoms. The van der Waals surface area contributed by atoms with Crippen molar-refractivity contribution in [2.75, 3.05) is 23.7 Å². The van der Waals surface area contributed by atoms with Crippen molar-refractivity contribution in [1.29, 1.82) is 0 Å². The lowest BCUT2D eigenvalue weighted by atomic mass is 9.94. The van der Waals surface area contributed by atoms with Crippen molar-refractivity contribution in [3.8, 4) is 0 Å². The Morgan fingerprint density at radius 1 is 1.00 bits per heavy atom. The minimum atomic E-state index is -0.262. The lowest BCUT2D eigenvalue weighted by molar-refractivity contribution is -0.123. The third-order valence-electron chi connectivity index (χ3n) is 4.96. The topological polar surface area (TPSA) is 61.4 Å². The number of hydrogen-bond donors (Lipinski definition) is 2. The number of carbonyl (C=O) groups excluding carboxylic acids is 2. The molecule has 142 valence electrons. The maximum absolute atomic E-state index is 12.5. The van der Waals surface area contributed by atoms with E-state index in [0.717, 1.165) is 31.6 Å². The highest BCUT2D eigenvalue weighted by Crippen LogP contribution is 2.22. The fourth-order valence-corrected chi connectivity index (χ4v) is 3.48. The minimum Gasteiger partial charge on any atom is -0.326 e. The predicted octanol–water partition coefficient (Wildman–Crippen LogP) is 4.02. The molecule has 0 aliphatic carbocycles. The Balaban J connectivity index is 1.49. The van der Waals surface area contributed by atoms with Gasteiger partial charge in [-0.3, -0.25) is 14.5 Å². The molecule has 1 aliphatic rings. The van der Waals surface area contributed by atoms with Crippen LogP contribution in [0.3, 0.4) is 0 Å². The molecule has 2 N–H and O–H groups in total. The molecule has 1 heterocycles. The minimum absolute atomic E-state index is 0.0235. The second-order valence-electron chi connectivity index (χ2n) is 6.84. The number of nitrogens with zero attached hydrogens (tertiary/aromatic N) is 1. The summed E-state index contributed by atoms with van der Waals surface area (Å²) in [5.74, 6) is -0.0361. The molecular weight excluding hydrogens is 362 g/mol. The summed E-state index contributed by atoms with van der Waals surface area (Å²) in [6, 6.07) is 16.3. The number of nitrogens with one attached hydrogen (secondary N) is 2. The normalized spacial score (nSPS) is 16.5. The van der Waals surface area contributed by atoms with Crippen molar-refractivity contribution in [3.63, 3.8) is 0 Å². The lowest BCUT2D eigenvalue weighted by Crippen LogP contribution is -2.47. The second-order valence-corrected chi connectivity index (χ2v) is 7.28. The number of amides is 2. The Morgan fingerprint density at radius 3 is 2.33 bits per heavy atom. The van der Waals surface area contributed by atoms with Crippen LogP contribution in [0.5, 0.6) is 0 Å². The van der Waals surface area contributed by atoms with Crippen LogP contribution in [0.1, 0.15) is 19.8 Å². The third kappa shape index (κ3) is 5.31. The maximum atomic E-state index is 12.5. The van der Waals surface area contributed by atoms with Gasteiger partial charge in [0.1, 0.15) is 0 Å². The molecule has 6 heteroatoms. The van der Waals surface area contributed by atoms with Gasteiger partial charge in [0.25, 0.3) is 0 Å². The summed E-state index contributed by atoms with van der Waals surface area (Å²) in [6.07, 6.45) is 1.49. The standard InChI is InChI=1S/C21H24ClN3O2/c1-15(20(26)24-19-9-5-6-17(22)14-19)25-12-10-16(11-13-25)21(27)23-18-7-3-2-4-8-18/h2-9,14-16H,10-13H2,1H3,(H,23,27)(H,24,26). The van der Waals surface area contributed by atoms with Crippen LogP contribution < -0.4 is 10.6 Å². The van der Waals surface area contributed by atoms with Gasteiger partial charge in [-0.2, -0.15) is 0 Å². The molecule has 1 atom stereocenters. The zero-order valence-electron chi connectivity index (χ0n) is 15.3. The van der Waals surface area contributed by atoms with E-state index in [0.29, 0.717) is 10.7 Å². The van der Waals surface area contributed by atoms with E-state index >= 15 is 0 Å². The molecular formula is C21H24ClN3O2. The van der Waals surface area contributed by atoms with Gasteiger partial charge in [0.05, 0.1) is 6.04 Å². The Hall–Kier alpha value is -2.37. The Kier molecular flexibility index (Phi) is 6.48. The third-order valence-corrected chi connectivity index (χ3v) is 5.20. The van der Waals surface area contributed by atoms with Crippen LogP contribution in [0.15, 0.2) is 54.6 Å². The first-order chi connectivity index (χ1) is 13.0. The van der Waals surface area contributed by atoms with E-state index in [1.807, 2.05) is 43.3 Å². The average molecular weight is 386 g/mol. The number of carbonyl (C=O) groups is 2. The van der Waals surface area contributed by atoms with Crippen LogP contribution in [0.4, 0.5) is 11.4 Å². The molecule has 2 amide bonds. The highest BCUT2D eigenvalue weighted by Gasteiger charge is 2.29. The molecule has 2 aromatic carbocycles. The van der Waals surface area contributed by atoms with Crippen molar-refractivity contribution in [1.82, 2.24) is 4.90 Å². The van der Waals surface area contributed by atoms with Crippen LogP contribution >= 0.6 is 11.6 Å². The Labute approximate surface area is 164 Å². The van der Waals surface area contributed by atoms with Gasteiger partial charge in [-0.1, -0.05) is 35.9 Å². The first-order valence-electron chi connectivity index (χ1n) is 9.19. The first-order valence-corrected chi connectivity index (χ1v) is 9.57. The average Bonchev–Trinajstić information content (AvgIpc) is 2.68. The van der Waals surface area contributed by atoms with Gasteiger partial charge in [-0.05, 0) is 63.2 Å². The fourth-order valence-electron chi connectivity index (χ4n) is 3.29. The summed E-state index contributed by atoms with van der Waals surface area (Å²) in [4.78, 5) is 27.1. The van der Waals surface area contributed by atoms with Crippen molar-refractivity contribution >= 4 is 34.8 Å². The molecule has 1 unspecified atom stereocenters. The summed E-state index contributed by atoms with van der Waals surface area (Å²) in [5.41, 5.74) is 1.51. The van der Waals surface area contributed by atoms with E-state index in [1.54, 1.807) is 18.2 Å². The van der Waals surface area contributed by atoms with E-state index in [-0.39, 0.29) is 23.8 Å². The van der Waals surface area contributed by atoms with Crippen molar-refractivity contribution < 1.29 is 9.59 Å². The zero-order chi connectivity index (χ0) is 19.2. The van der Waals surface area contributed by atoms with E-state index in [1.165, 1.54) is 0 Å². The maximum Gasteiger partial charge on any atom is 0.241 e. The second kappa shape index (κ2) is 9.02. The first kappa shape index (κ1) is 19.4. The summed E-state index contributed by atoms with van der Waals surface area (Å²) in [7, 11) is 0. The number of anilines is 2. The number of rotatable bonds is 5. The molecule has 0 aromatic heterocycles. The molecule has 1 fully saturated rings. The molecule has 1 aliphatic heterocycles. The van der Waals surface area contributed by atoms with E-state index in [2.05, 4.69) is 15.5 Å². The van der Waals surface area contributed by atoms with Gasteiger partial charge in [0, 0.05) is 22.3 Å². The summed E-state index contributed by atoms with van der Waals surface area (Å²) >= 11 is 5.96. The van der Waals surface area contributed by atoms with E-state index < -0.39 is 0 Å². The smallest absolute Gasteiger partial charge is 0.241 e. The number of para-hydroxylation sites is 1. The van der Waals surface area contributed by atoms with Crippen LogP contribution in [0.25, 0.3) is 0 Å². The fraction of sp³-hybridized carbons (Fsp3) is 0.333. The number of piperidine rings is 1. The molecule has 0 bridgehead atoms. The number of likely N-dealkylation sites (tertiary alicyclic amines) is 1. The van der Waals surface area contributed by atoms with E-state index in [9.17, 15) is 9.59 Å². The summed E-state index contributed by atoms with van der Waals surface area (Å²) in [6.45, 7) is 3.33. The van der Waals surface area contributed by atoms with Gasteiger partial charge >= 0.3 is 0 Å². The highest BCUT2D eigenvalue weighted by atomic mass is 35.5. The summed E-state index contributed by atoms with van der Waals surface area (Å²) in [5, 5.41) is 6.46. The molecule has 27 heavy (non-hydrogen) atoms. The molecule has 0 radical (unpaired) electrons. The Bertz CT molecular complexity index is 789. The molecule has 2 aromatic rings. The molecule has 3 rings (SSSR count). The van der Waals surface area contributed by atoms with Crippen LogP contribution in [-0.2, 0) is 9.59 Å². The quantitative estimate of drug-likeness (QED) is 0.817. The van der Waals surface area contributed by atoms with Crippen LogP contribution in [0.2, 0.25) is 5.02 Å². The lowest BCUT2D eigenvalue weighted by Gasteiger charge is -2.34. The highest BCUT2D eigenvalue weighted by molar-refractivity contribution is 6.30. The number of halogens is 1. The zero-order valence-corrected chi connectivity index (χ0v) is 16.1. The van der Waals surface area contributed by atoms with Crippen molar-refractivity contribution in [2.24, 2.45) is 5.92 Å². The molecule has 1 saturated heterocycles. The summed E-state index contributed by atoms with van der Waals surface area (Å²) < 4.78 is 0. The molecule has 5 nitrogen and oxygen atoms in total. The van der Waals surface area contributed by atoms with E-state index in [4.69, 9.17) is 11.6 Å². The van der Waals surface area contributed by atoms with Crippen molar-refractivity contribution in [3.05, 3.63) is 59.6 Å². The largest absolute Gasteiger partial charge is 0.326 e. The number of benzene rings is 2. The van der Waals surface area contributed by atoms with Gasteiger partial charge in [-0.25, -0.2) is 0 Å². The monoisotopic (exact) mass is 385 g/mol. The van der Waals surface area contributed by atoms with Crippen LogP contribution in [0, 0.1) is 5.92 Å².